The lowest BCUT2D eigenvalue weighted by Gasteiger charge is -2.55. The van der Waals surface area contributed by atoms with Crippen molar-refractivity contribution in [3.8, 4) is 11.8 Å². The van der Waals surface area contributed by atoms with Crippen molar-refractivity contribution in [2.45, 2.75) is 82.0 Å². The molecule has 5 heteroatoms. The topological polar surface area (TPSA) is 98.0 Å². The minimum Gasteiger partial charge on any atom is -0.481 e. The second kappa shape index (κ2) is 8.12. The second-order valence-electron chi connectivity index (χ2n) is 8.16. The molecule has 0 aromatic heterocycles. The lowest BCUT2D eigenvalue weighted by molar-refractivity contribution is -0.137. The summed E-state index contributed by atoms with van der Waals surface area (Å²) in [6.45, 7) is 0. The largest absolute Gasteiger partial charge is 0.481 e. The molecular formula is C21H30O5. The number of allylic oxidation sites excluding steroid dienone is 1. The van der Waals surface area contributed by atoms with Crippen LogP contribution >= 0.6 is 0 Å². The first-order valence-electron chi connectivity index (χ1n) is 9.92. The molecule has 0 aromatic rings. The number of carboxylic acid groups (broad SMARTS) is 1. The smallest absolute Gasteiger partial charge is 0.303 e. The molecule has 4 N–H and O–H groups in total. The quantitative estimate of drug-likeness (QED) is 0.454. The van der Waals surface area contributed by atoms with Gasteiger partial charge in [0.2, 0.25) is 0 Å². The van der Waals surface area contributed by atoms with E-state index in [1.54, 1.807) is 0 Å². The molecule has 3 aliphatic carbocycles. The lowest BCUT2D eigenvalue weighted by atomic mass is 9.53. The summed E-state index contributed by atoms with van der Waals surface area (Å²) < 4.78 is 0. The van der Waals surface area contributed by atoms with E-state index in [9.17, 15) is 20.1 Å². The Morgan fingerprint density at radius 1 is 1.27 bits per heavy atom. The number of aliphatic hydroxyl groups is 3. The van der Waals surface area contributed by atoms with Gasteiger partial charge in [-0.3, -0.25) is 4.79 Å². The van der Waals surface area contributed by atoms with E-state index in [-0.39, 0.29) is 24.2 Å². The Morgan fingerprint density at radius 2 is 2.00 bits per heavy atom. The van der Waals surface area contributed by atoms with Gasteiger partial charge in [0.15, 0.2) is 0 Å². The van der Waals surface area contributed by atoms with E-state index < -0.39 is 23.8 Å². The summed E-state index contributed by atoms with van der Waals surface area (Å²) in [5, 5.41) is 40.5. The standard InChI is InChI=1S/C21H30O5/c22-18(14-5-2-1-3-6-14)10-9-16-17-13-15(7-4-8-20(24)25)21(17,26)12-11-19(16)23/h7,14,16-19,22-23,26H,1-6,8,11-13H2,(H,24,25)/b15-7-. The lowest BCUT2D eigenvalue weighted by Crippen LogP contribution is -2.58. The summed E-state index contributed by atoms with van der Waals surface area (Å²) in [5.41, 5.74) is -0.0809. The SMILES string of the molecule is O=C(O)CC/C=C1/CC2C(C#CC(O)C3CCCCC3)C(O)CCC12O. The predicted molar refractivity (Wildman–Crippen MR) is 97.1 cm³/mol. The highest BCUT2D eigenvalue weighted by Crippen LogP contribution is 2.54. The van der Waals surface area contributed by atoms with Gasteiger partial charge in [-0.15, -0.1) is 0 Å². The maximum Gasteiger partial charge on any atom is 0.303 e. The van der Waals surface area contributed by atoms with E-state index >= 15 is 0 Å². The van der Waals surface area contributed by atoms with Gasteiger partial charge in [0.1, 0.15) is 6.10 Å². The van der Waals surface area contributed by atoms with Crippen LogP contribution in [0.4, 0.5) is 0 Å². The van der Waals surface area contributed by atoms with E-state index in [2.05, 4.69) is 11.8 Å². The van der Waals surface area contributed by atoms with Gasteiger partial charge in [-0.1, -0.05) is 37.2 Å². The van der Waals surface area contributed by atoms with E-state index in [0.29, 0.717) is 25.7 Å². The Bertz CT molecular complexity index is 610. The van der Waals surface area contributed by atoms with Crippen molar-refractivity contribution in [1.82, 2.24) is 0 Å². The third kappa shape index (κ3) is 3.98. The van der Waals surface area contributed by atoms with E-state index in [4.69, 9.17) is 5.11 Å². The summed E-state index contributed by atoms with van der Waals surface area (Å²) in [7, 11) is 0. The number of rotatable bonds is 4. The number of hydrogen-bond acceptors (Lipinski definition) is 4. The maximum absolute atomic E-state index is 11.0. The summed E-state index contributed by atoms with van der Waals surface area (Å²) in [4.78, 5) is 10.7. The zero-order valence-corrected chi connectivity index (χ0v) is 15.2. The summed E-state index contributed by atoms with van der Waals surface area (Å²) in [6.07, 6.45) is 8.21. The monoisotopic (exact) mass is 362 g/mol. The first-order valence-corrected chi connectivity index (χ1v) is 9.92. The van der Waals surface area contributed by atoms with Gasteiger partial charge in [-0.05, 0) is 50.0 Å². The number of aliphatic hydroxyl groups excluding tert-OH is 2. The Morgan fingerprint density at radius 3 is 2.69 bits per heavy atom. The van der Waals surface area contributed by atoms with Crippen molar-refractivity contribution < 1.29 is 25.2 Å². The Kier molecular flexibility index (Phi) is 6.06. The first kappa shape index (κ1) is 19.4. The van der Waals surface area contributed by atoms with Crippen LogP contribution in [0.5, 0.6) is 0 Å². The predicted octanol–water partition coefficient (Wildman–Crippen LogP) is 2.24. The van der Waals surface area contributed by atoms with Crippen molar-refractivity contribution in [1.29, 1.82) is 0 Å². The summed E-state index contributed by atoms with van der Waals surface area (Å²) in [6, 6.07) is 0. The van der Waals surface area contributed by atoms with Crippen molar-refractivity contribution >= 4 is 5.97 Å². The van der Waals surface area contributed by atoms with Crippen molar-refractivity contribution in [3.63, 3.8) is 0 Å². The minimum absolute atomic E-state index is 0.0592. The third-order valence-electron chi connectivity index (χ3n) is 6.52. The Labute approximate surface area is 155 Å². The number of carbonyl (C=O) groups is 1. The van der Waals surface area contributed by atoms with E-state index in [1.807, 2.05) is 6.08 Å². The summed E-state index contributed by atoms with van der Waals surface area (Å²) in [5.74, 6) is 4.97. The molecule has 3 aliphatic rings. The highest BCUT2D eigenvalue weighted by atomic mass is 16.4. The molecule has 5 atom stereocenters. The molecule has 5 nitrogen and oxygen atoms in total. The highest BCUT2D eigenvalue weighted by Gasteiger charge is 2.56. The zero-order valence-electron chi connectivity index (χ0n) is 15.2. The van der Waals surface area contributed by atoms with Gasteiger partial charge in [0.05, 0.1) is 17.6 Å². The average Bonchev–Trinajstić information content (AvgIpc) is 2.63. The highest BCUT2D eigenvalue weighted by molar-refractivity contribution is 5.66. The molecule has 5 unspecified atom stereocenters. The van der Waals surface area contributed by atoms with Gasteiger partial charge in [-0.25, -0.2) is 0 Å². The average molecular weight is 362 g/mol. The molecule has 0 saturated heterocycles. The van der Waals surface area contributed by atoms with Crippen LogP contribution in [0.3, 0.4) is 0 Å². The van der Waals surface area contributed by atoms with Crippen LogP contribution in [-0.4, -0.2) is 44.2 Å². The molecule has 3 rings (SSSR count). The van der Waals surface area contributed by atoms with E-state index in [0.717, 1.165) is 31.3 Å². The maximum atomic E-state index is 11.0. The van der Waals surface area contributed by atoms with Gasteiger partial charge in [0.25, 0.3) is 0 Å². The first-order chi connectivity index (χ1) is 12.4. The molecule has 0 amide bonds. The van der Waals surface area contributed by atoms with Crippen molar-refractivity contribution in [2.75, 3.05) is 0 Å². The molecule has 0 spiro atoms. The van der Waals surface area contributed by atoms with Gasteiger partial charge in [0, 0.05) is 12.3 Å². The Hall–Kier alpha value is -1.35. The summed E-state index contributed by atoms with van der Waals surface area (Å²) >= 11 is 0. The molecular weight excluding hydrogens is 332 g/mol. The molecule has 0 heterocycles. The molecule has 0 aliphatic heterocycles. The van der Waals surface area contributed by atoms with Crippen LogP contribution in [0.25, 0.3) is 0 Å². The Balaban J connectivity index is 1.65. The molecule has 3 saturated carbocycles. The number of carboxylic acids is 1. The van der Waals surface area contributed by atoms with Gasteiger partial charge >= 0.3 is 5.97 Å². The molecule has 0 radical (unpaired) electrons. The number of aliphatic carboxylic acids is 1. The molecule has 3 fully saturated rings. The van der Waals surface area contributed by atoms with Crippen LogP contribution in [0.1, 0.15) is 64.2 Å². The van der Waals surface area contributed by atoms with Gasteiger partial charge < -0.3 is 20.4 Å². The minimum atomic E-state index is -0.965. The van der Waals surface area contributed by atoms with Crippen LogP contribution < -0.4 is 0 Å². The second-order valence-corrected chi connectivity index (χ2v) is 8.16. The molecule has 26 heavy (non-hydrogen) atoms. The van der Waals surface area contributed by atoms with Crippen LogP contribution in [0.15, 0.2) is 11.6 Å². The normalized spacial score (nSPS) is 37.2. The fourth-order valence-corrected chi connectivity index (χ4v) is 4.85. The molecule has 144 valence electrons. The van der Waals surface area contributed by atoms with Crippen LogP contribution in [-0.2, 0) is 4.79 Å². The van der Waals surface area contributed by atoms with Crippen LogP contribution in [0.2, 0.25) is 0 Å². The van der Waals surface area contributed by atoms with E-state index in [1.165, 1.54) is 6.42 Å². The van der Waals surface area contributed by atoms with Crippen molar-refractivity contribution in [2.24, 2.45) is 17.8 Å². The fraction of sp³-hybridized carbons (Fsp3) is 0.762. The number of fused-ring (bicyclic) bond motifs is 1. The molecule has 0 aromatic carbocycles. The van der Waals surface area contributed by atoms with Gasteiger partial charge in [-0.2, -0.15) is 0 Å². The van der Waals surface area contributed by atoms with Crippen molar-refractivity contribution in [3.05, 3.63) is 11.6 Å². The number of hydrogen-bond donors (Lipinski definition) is 4. The zero-order chi connectivity index (χ0) is 18.7. The molecule has 0 bridgehead atoms. The third-order valence-corrected chi connectivity index (χ3v) is 6.52. The van der Waals surface area contributed by atoms with Crippen LogP contribution in [0, 0.1) is 29.6 Å². The fourth-order valence-electron chi connectivity index (χ4n) is 4.85.